The Kier molecular flexibility index (Phi) is 6.89. The van der Waals surface area contributed by atoms with Crippen LogP contribution in [0, 0.1) is 17.2 Å². The van der Waals surface area contributed by atoms with Gasteiger partial charge in [0.15, 0.2) is 0 Å². The van der Waals surface area contributed by atoms with E-state index < -0.39 is 0 Å². The zero-order valence-electron chi connectivity index (χ0n) is 13.8. The summed E-state index contributed by atoms with van der Waals surface area (Å²) >= 11 is 0. The highest BCUT2D eigenvalue weighted by atomic mass is 16.5. The molecule has 5 heteroatoms. The molecule has 0 radical (unpaired) electrons. The summed E-state index contributed by atoms with van der Waals surface area (Å²) in [5, 5.41) is 11.7. The third-order valence-electron chi connectivity index (χ3n) is 4.37. The summed E-state index contributed by atoms with van der Waals surface area (Å²) in [4.78, 5) is 14.5. The van der Waals surface area contributed by atoms with Gasteiger partial charge in [0.25, 0.3) is 0 Å². The molecule has 1 aliphatic rings. The second-order valence-corrected chi connectivity index (χ2v) is 5.91. The minimum atomic E-state index is 0.115. The first kappa shape index (κ1) is 17.3. The normalized spacial score (nSPS) is 15.8. The van der Waals surface area contributed by atoms with Gasteiger partial charge in [-0.05, 0) is 50.0 Å². The number of benzene rings is 1. The van der Waals surface area contributed by atoms with Crippen molar-refractivity contribution < 1.29 is 9.53 Å². The zero-order chi connectivity index (χ0) is 16.5. The number of hydrogen-bond donors (Lipinski definition) is 1. The molecule has 124 valence electrons. The monoisotopic (exact) mass is 315 g/mol. The van der Waals surface area contributed by atoms with E-state index in [1.165, 1.54) is 5.56 Å². The molecule has 1 fully saturated rings. The highest BCUT2D eigenvalue weighted by molar-refractivity contribution is 5.78. The molecule has 1 saturated heterocycles. The van der Waals surface area contributed by atoms with E-state index in [1.807, 2.05) is 24.3 Å². The van der Waals surface area contributed by atoms with Crippen molar-refractivity contribution in [3.05, 3.63) is 29.8 Å². The van der Waals surface area contributed by atoms with Gasteiger partial charge in [-0.2, -0.15) is 5.26 Å². The molecule has 0 unspecified atom stereocenters. The molecular formula is C18H25N3O2. The molecular weight excluding hydrogens is 290 g/mol. The van der Waals surface area contributed by atoms with Crippen LogP contribution in [0.25, 0.3) is 0 Å². The lowest BCUT2D eigenvalue weighted by Crippen LogP contribution is -2.41. The molecule has 0 atom stereocenters. The SMILES string of the molecule is COc1ccc(CCNC(=O)C2CCN(CCC#N)CC2)cc1. The van der Waals surface area contributed by atoms with Crippen LogP contribution in [-0.2, 0) is 11.2 Å². The molecule has 1 heterocycles. The van der Waals surface area contributed by atoms with Crippen molar-refractivity contribution >= 4 is 5.91 Å². The quantitative estimate of drug-likeness (QED) is 0.835. The Hall–Kier alpha value is -2.06. The Morgan fingerprint density at radius 2 is 2.04 bits per heavy atom. The summed E-state index contributed by atoms with van der Waals surface area (Å²) in [6.07, 6.45) is 3.18. The second-order valence-electron chi connectivity index (χ2n) is 5.91. The summed E-state index contributed by atoms with van der Waals surface area (Å²) in [6, 6.07) is 10.1. The number of likely N-dealkylation sites (tertiary alicyclic amines) is 1. The van der Waals surface area contributed by atoms with Crippen LogP contribution in [-0.4, -0.2) is 44.1 Å². The van der Waals surface area contributed by atoms with Crippen LogP contribution in [0.3, 0.4) is 0 Å². The molecule has 23 heavy (non-hydrogen) atoms. The number of nitrogens with one attached hydrogen (secondary N) is 1. The Bertz CT molecular complexity index is 528. The van der Waals surface area contributed by atoms with Crippen molar-refractivity contribution in [3.8, 4) is 11.8 Å². The number of rotatable bonds is 7. The van der Waals surface area contributed by atoms with Gasteiger partial charge >= 0.3 is 0 Å². The van der Waals surface area contributed by atoms with Crippen molar-refractivity contribution in [1.82, 2.24) is 10.2 Å². The smallest absolute Gasteiger partial charge is 0.223 e. The summed E-state index contributed by atoms with van der Waals surface area (Å²) in [7, 11) is 1.65. The van der Waals surface area contributed by atoms with Gasteiger partial charge in [0.2, 0.25) is 5.91 Å². The first-order valence-corrected chi connectivity index (χ1v) is 8.23. The molecule has 1 aromatic rings. The number of amides is 1. The van der Waals surface area contributed by atoms with E-state index in [-0.39, 0.29) is 11.8 Å². The minimum Gasteiger partial charge on any atom is -0.497 e. The third kappa shape index (κ3) is 5.57. The standard InChI is InChI=1S/C18H25N3O2/c1-23-17-5-3-15(4-6-17)7-11-20-18(22)16-8-13-21(14-9-16)12-2-10-19/h3-6,16H,2,7-9,11-14H2,1H3,(H,20,22). The van der Waals surface area contributed by atoms with Gasteiger partial charge in [0.05, 0.1) is 13.2 Å². The van der Waals surface area contributed by atoms with Crippen LogP contribution >= 0.6 is 0 Å². The molecule has 0 spiro atoms. The Balaban J connectivity index is 1.66. The van der Waals surface area contributed by atoms with Crippen molar-refractivity contribution in [2.45, 2.75) is 25.7 Å². The van der Waals surface area contributed by atoms with Crippen LogP contribution < -0.4 is 10.1 Å². The lowest BCUT2D eigenvalue weighted by atomic mass is 9.95. The fourth-order valence-corrected chi connectivity index (χ4v) is 2.89. The fourth-order valence-electron chi connectivity index (χ4n) is 2.89. The average Bonchev–Trinajstić information content (AvgIpc) is 2.61. The average molecular weight is 315 g/mol. The molecule has 1 amide bonds. The van der Waals surface area contributed by atoms with Crippen molar-refractivity contribution in [1.29, 1.82) is 5.26 Å². The Labute approximate surface area is 138 Å². The maximum absolute atomic E-state index is 12.2. The Morgan fingerprint density at radius 1 is 1.35 bits per heavy atom. The lowest BCUT2D eigenvalue weighted by molar-refractivity contribution is -0.126. The molecule has 0 bridgehead atoms. The predicted molar refractivity (Wildman–Crippen MR) is 89.1 cm³/mol. The van der Waals surface area contributed by atoms with Crippen molar-refractivity contribution in [3.63, 3.8) is 0 Å². The highest BCUT2D eigenvalue weighted by Gasteiger charge is 2.24. The summed E-state index contributed by atoms with van der Waals surface area (Å²) in [6.45, 7) is 3.32. The maximum Gasteiger partial charge on any atom is 0.223 e. The molecule has 0 saturated carbocycles. The van der Waals surface area contributed by atoms with Gasteiger partial charge < -0.3 is 15.0 Å². The minimum absolute atomic E-state index is 0.115. The van der Waals surface area contributed by atoms with Gasteiger partial charge in [-0.1, -0.05) is 12.1 Å². The molecule has 0 aromatic heterocycles. The van der Waals surface area contributed by atoms with Gasteiger partial charge in [-0.25, -0.2) is 0 Å². The van der Waals surface area contributed by atoms with Crippen LogP contribution in [0.1, 0.15) is 24.8 Å². The van der Waals surface area contributed by atoms with Crippen LogP contribution in [0.2, 0.25) is 0 Å². The molecule has 5 nitrogen and oxygen atoms in total. The number of nitrogens with zero attached hydrogens (tertiary/aromatic N) is 2. The molecule has 0 aliphatic carbocycles. The summed E-state index contributed by atoms with van der Waals surface area (Å²) in [5.41, 5.74) is 1.19. The van der Waals surface area contributed by atoms with Crippen LogP contribution in [0.5, 0.6) is 5.75 Å². The fraction of sp³-hybridized carbons (Fsp3) is 0.556. The van der Waals surface area contributed by atoms with E-state index in [9.17, 15) is 4.79 Å². The lowest BCUT2D eigenvalue weighted by Gasteiger charge is -2.30. The first-order chi connectivity index (χ1) is 11.2. The predicted octanol–water partition coefficient (Wildman–Crippen LogP) is 1.98. The number of nitriles is 1. The second kappa shape index (κ2) is 9.16. The van der Waals surface area contributed by atoms with Gasteiger partial charge in [-0.15, -0.1) is 0 Å². The van der Waals surface area contributed by atoms with Gasteiger partial charge in [0, 0.05) is 25.4 Å². The number of methoxy groups -OCH3 is 1. The van der Waals surface area contributed by atoms with Crippen LogP contribution in [0.4, 0.5) is 0 Å². The number of hydrogen-bond acceptors (Lipinski definition) is 4. The number of ether oxygens (including phenoxy) is 1. The molecule has 1 aromatic carbocycles. The highest BCUT2D eigenvalue weighted by Crippen LogP contribution is 2.17. The third-order valence-corrected chi connectivity index (χ3v) is 4.37. The van der Waals surface area contributed by atoms with E-state index in [2.05, 4.69) is 16.3 Å². The van der Waals surface area contributed by atoms with E-state index in [0.717, 1.165) is 44.6 Å². The summed E-state index contributed by atoms with van der Waals surface area (Å²) < 4.78 is 5.13. The number of carbonyl (C=O) groups excluding carboxylic acids is 1. The van der Waals surface area contributed by atoms with Crippen LogP contribution in [0.15, 0.2) is 24.3 Å². The number of carbonyl (C=O) groups is 1. The summed E-state index contributed by atoms with van der Waals surface area (Å²) in [5.74, 6) is 1.13. The Morgan fingerprint density at radius 3 is 2.65 bits per heavy atom. The van der Waals surface area contributed by atoms with Crippen molar-refractivity contribution in [2.24, 2.45) is 5.92 Å². The van der Waals surface area contributed by atoms with E-state index in [1.54, 1.807) is 7.11 Å². The molecule has 1 N–H and O–H groups in total. The van der Waals surface area contributed by atoms with Gasteiger partial charge in [0.1, 0.15) is 5.75 Å². The zero-order valence-corrected chi connectivity index (χ0v) is 13.8. The number of piperidine rings is 1. The van der Waals surface area contributed by atoms with Gasteiger partial charge in [-0.3, -0.25) is 4.79 Å². The van der Waals surface area contributed by atoms with E-state index in [0.29, 0.717) is 13.0 Å². The maximum atomic E-state index is 12.2. The van der Waals surface area contributed by atoms with E-state index in [4.69, 9.17) is 10.00 Å². The van der Waals surface area contributed by atoms with Crippen molar-refractivity contribution in [2.75, 3.05) is 33.3 Å². The largest absolute Gasteiger partial charge is 0.497 e. The molecule has 1 aliphatic heterocycles. The topological polar surface area (TPSA) is 65.4 Å². The molecule has 2 rings (SSSR count). The van der Waals surface area contributed by atoms with E-state index >= 15 is 0 Å². The first-order valence-electron chi connectivity index (χ1n) is 8.23.